The Kier molecular flexibility index (Phi) is 6.49. The first kappa shape index (κ1) is 22.4. The van der Waals surface area contributed by atoms with Crippen LogP contribution in [0.5, 0.6) is 11.5 Å². The van der Waals surface area contributed by atoms with E-state index < -0.39 is 0 Å². The highest BCUT2D eigenvalue weighted by molar-refractivity contribution is 6.35. The van der Waals surface area contributed by atoms with Gasteiger partial charge in [-0.05, 0) is 43.2 Å². The average molecular weight is 478 g/mol. The number of anilines is 1. The van der Waals surface area contributed by atoms with Gasteiger partial charge in [0.15, 0.2) is 5.78 Å². The van der Waals surface area contributed by atoms with Crippen molar-refractivity contribution in [3.05, 3.63) is 83.1 Å². The Labute approximate surface area is 201 Å². The number of ketones is 1. The van der Waals surface area contributed by atoms with Gasteiger partial charge in [0.2, 0.25) is 0 Å². The normalized spacial score (nSPS) is 18.1. The van der Waals surface area contributed by atoms with E-state index in [2.05, 4.69) is 15.3 Å². The molecule has 0 aliphatic carbocycles. The zero-order valence-electron chi connectivity index (χ0n) is 18.3. The summed E-state index contributed by atoms with van der Waals surface area (Å²) in [6, 6.07) is 16.4. The highest BCUT2D eigenvalue weighted by Gasteiger charge is 2.24. The van der Waals surface area contributed by atoms with Gasteiger partial charge in [-0.2, -0.15) is 0 Å². The number of hydrogen-bond acceptors (Lipinski definition) is 6. The Balaban J connectivity index is 1.40. The molecular weight excluding hydrogens is 454 g/mol. The van der Waals surface area contributed by atoms with E-state index in [4.69, 9.17) is 21.1 Å². The summed E-state index contributed by atoms with van der Waals surface area (Å²) in [5, 5.41) is 13.8. The van der Waals surface area contributed by atoms with Crippen LogP contribution in [0.4, 0.5) is 5.69 Å². The maximum Gasteiger partial charge on any atom is 0.196 e. The first-order chi connectivity index (χ1) is 16.6. The van der Waals surface area contributed by atoms with E-state index in [1.165, 1.54) is 0 Å². The third kappa shape index (κ3) is 4.63. The molecule has 1 saturated heterocycles. The lowest BCUT2D eigenvalue weighted by molar-refractivity contribution is -0.0223. The number of H-pyrrole nitrogens is 1. The Morgan fingerprint density at radius 3 is 2.74 bits per heavy atom. The lowest BCUT2D eigenvalue weighted by Crippen LogP contribution is -2.36. The number of carbonyl (C=O) groups excluding carboxylic acids is 1. The number of fused-ring (bicyclic) bond motifs is 1. The Morgan fingerprint density at radius 2 is 2.00 bits per heavy atom. The van der Waals surface area contributed by atoms with Gasteiger partial charge in [0.25, 0.3) is 0 Å². The first-order valence-corrected chi connectivity index (χ1v) is 11.5. The van der Waals surface area contributed by atoms with Crippen LogP contribution < -0.4 is 10.1 Å². The SMILES string of the molecule is O=C(c1ccc(Oc2ccccc2)cc1Cl)c1c[nH]c2nccc(N[C@@H]3CC[C@@H](CO)OC3)c12. The third-order valence-electron chi connectivity index (χ3n) is 5.92. The number of hydrogen-bond donors (Lipinski definition) is 3. The lowest BCUT2D eigenvalue weighted by atomic mass is 10.0. The lowest BCUT2D eigenvalue weighted by Gasteiger charge is -2.29. The van der Waals surface area contributed by atoms with Gasteiger partial charge in [-0.3, -0.25) is 4.79 Å². The molecule has 2 aromatic heterocycles. The Hall–Kier alpha value is -3.39. The number of aliphatic hydroxyl groups excluding tert-OH is 1. The molecule has 3 N–H and O–H groups in total. The van der Waals surface area contributed by atoms with Crippen molar-refractivity contribution < 1.29 is 19.4 Å². The average Bonchev–Trinajstić information content (AvgIpc) is 3.30. The summed E-state index contributed by atoms with van der Waals surface area (Å²) in [6.45, 7) is 0.510. The summed E-state index contributed by atoms with van der Waals surface area (Å²) >= 11 is 6.50. The molecule has 0 radical (unpaired) electrons. The molecule has 34 heavy (non-hydrogen) atoms. The van der Waals surface area contributed by atoms with Gasteiger partial charge >= 0.3 is 0 Å². The molecule has 1 fully saturated rings. The van der Waals surface area contributed by atoms with Crippen molar-refractivity contribution in [2.75, 3.05) is 18.5 Å². The summed E-state index contributed by atoms with van der Waals surface area (Å²) < 4.78 is 11.5. The van der Waals surface area contributed by atoms with E-state index in [9.17, 15) is 9.90 Å². The third-order valence-corrected chi connectivity index (χ3v) is 6.23. The summed E-state index contributed by atoms with van der Waals surface area (Å²) in [6.07, 6.45) is 4.87. The van der Waals surface area contributed by atoms with Crippen molar-refractivity contribution in [3.63, 3.8) is 0 Å². The van der Waals surface area contributed by atoms with Crippen LogP contribution in [0.1, 0.15) is 28.8 Å². The Bertz CT molecular complexity index is 1300. The van der Waals surface area contributed by atoms with Crippen LogP contribution in [0.3, 0.4) is 0 Å². The molecular formula is C26H24ClN3O4. The molecule has 0 unspecified atom stereocenters. The molecule has 7 nitrogen and oxygen atoms in total. The fourth-order valence-electron chi connectivity index (χ4n) is 4.15. The molecule has 3 heterocycles. The van der Waals surface area contributed by atoms with Crippen molar-refractivity contribution >= 4 is 34.1 Å². The van der Waals surface area contributed by atoms with Crippen molar-refractivity contribution in [1.82, 2.24) is 9.97 Å². The number of halogens is 1. The summed E-state index contributed by atoms with van der Waals surface area (Å²) in [5.74, 6) is 1.03. The molecule has 0 spiro atoms. The number of nitrogens with zero attached hydrogens (tertiary/aromatic N) is 1. The van der Waals surface area contributed by atoms with E-state index in [1.807, 2.05) is 36.4 Å². The van der Waals surface area contributed by atoms with E-state index in [1.54, 1.807) is 30.6 Å². The summed E-state index contributed by atoms with van der Waals surface area (Å²) in [7, 11) is 0. The summed E-state index contributed by atoms with van der Waals surface area (Å²) in [5.41, 5.74) is 2.27. The number of aliphatic hydroxyl groups is 1. The van der Waals surface area contributed by atoms with Crippen LogP contribution in [-0.4, -0.2) is 46.2 Å². The minimum Gasteiger partial charge on any atom is -0.457 e. The second-order valence-electron chi connectivity index (χ2n) is 8.23. The van der Waals surface area contributed by atoms with Gasteiger partial charge in [0.1, 0.15) is 17.1 Å². The van der Waals surface area contributed by atoms with Crippen molar-refractivity contribution in [2.45, 2.75) is 25.0 Å². The molecule has 1 aliphatic rings. The van der Waals surface area contributed by atoms with Gasteiger partial charge < -0.3 is 24.9 Å². The first-order valence-electron chi connectivity index (χ1n) is 11.1. The molecule has 0 amide bonds. The monoisotopic (exact) mass is 477 g/mol. The van der Waals surface area contributed by atoms with Gasteiger partial charge in [0.05, 0.1) is 35.3 Å². The van der Waals surface area contributed by atoms with E-state index in [-0.39, 0.29) is 24.5 Å². The van der Waals surface area contributed by atoms with Gasteiger partial charge in [-0.15, -0.1) is 0 Å². The quantitative estimate of drug-likeness (QED) is 0.317. The second kappa shape index (κ2) is 9.85. The van der Waals surface area contributed by atoms with Crippen LogP contribution in [0.2, 0.25) is 5.02 Å². The zero-order valence-corrected chi connectivity index (χ0v) is 19.1. The van der Waals surface area contributed by atoms with E-state index in [0.29, 0.717) is 45.3 Å². The topological polar surface area (TPSA) is 96.5 Å². The number of nitrogens with one attached hydrogen (secondary N) is 2. The molecule has 174 valence electrons. The van der Waals surface area contributed by atoms with Crippen LogP contribution in [0.25, 0.3) is 11.0 Å². The van der Waals surface area contributed by atoms with Gasteiger partial charge in [-0.1, -0.05) is 29.8 Å². The molecule has 2 atom stereocenters. The second-order valence-corrected chi connectivity index (χ2v) is 8.63. The van der Waals surface area contributed by atoms with E-state index >= 15 is 0 Å². The van der Waals surface area contributed by atoms with Crippen molar-refractivity contribution in [3.8, 4) is 11.5 Å². The fraction of sp³-hybridized carbons (Fsp3) is 0.231. The van der Waals surface area contributed by atoms with Gasteiger partial charge in [0, 0.05) is 35.8 Å². The number of rotatable bonds is 7. The minimum atomic E-state index is -0.209. The van der Waals surface area contributed by atoms with Crippen LogP contribution >= 0.6 is 11.6 Å². The fourth-order valence-corrected chi connectivity index (χ4v) is 4.41. The number of pyridine rings is 1. The summed E-state index contributed by atoms with van der Waals surface area (Å²) in [4.78, 5) is 21.0. The number of aromatic amines is 1. The number of para-hydroxylation sites is 1. The number of aromatic nitrogens is 2. The maximum atomic E-state index is 13.5. The van der Waals surface area contributed by atoms with Crippen LogP contribution in [-0.2, 0) is 4.74 Å². The van der Waals surface area contributed by atoms with Gasteiger partial charge in [-0.25, -0.2) is 4.98 Å². The number of carbonyl (C=O) groups is 1. The molecule has 8 heteroatoms. The maximum absolute atomic E-state index is 13.5. The van der Waals surface area contributed by atoms with Crippen molar-refractivity contribution in [2.24, 2.45) is 0 Å². The Morgan fingerprint density at radius 1 is 1.15 bits per heavy atom. The predicted octanol–water partition coefficient (Wildman–Crippen LogP) is 5.19. The molecule has 1 aliphatic heterocycles. The largest absolute Gasteiger partial charge is 0.457 e. The molecule has 2 aromatic carbocycles. The number of benzene rings is 2. The smallest absolute Gasteiger partial charge is 0.196 e. The zero-order chi connectivity index (χ0) is 23.5. The standard InChI is InChI=1S/C26H24ClN3O4/c27-22-12-18(34-17-4-2-1-3-5-17)8-9-20(22)25(32)21-13-29-26-24(21)23(10-11-28-26)30-16-6-7-19(14-31)33-15-16/h1-5,8-13,16,19,31H,6-7,14-15H2,(H2,28,29,30)/t16-,19+/m1/s1. The van der Waals surface area contributed by atoms with Crippen LogP contribution in [0.15, 0.2) is 67.0 Å². The van der Waals surface area contributed by atoms with Crippen molar-refractivity contribution in [1.29, 1.82) is 0 Å². The highest BCUT2D eigenvalue weighted by Crippen LogP contribution is 2.32. The van der Waals surface area contributed by atoms with Crippen LogP contribution in [0, 0.1) is 0 Å². The number of ether oxygens (including phenoxy) is 2. The molecule has 0 bridgehead atoms. The minimum absolute atomic E-state index is 0.0264. The van der Waals surface area contributed by atoms with E-state index in [0.717, 1.165) is 18.5 Å². The molecule has 5 rings (SSSR count). The molecule has 4 aromatic rings. The molecule has 0 saturated carbocycles. The predicted molar refractivity (Wildman–Crippen MR) is 131 cm³/mol. The highest BCUT2D eigenvalue weighted by atomic mass is 35.5.